The molecule has 8 heteroatoms. The predicted octanol–water partition coefficient (Wildman–Crippen LogP) is 4.93. The number of ether oxygens (including phenoxy) is 1. The van der Waals surface area contributed by atoms with Crippen LogP contribution in [0.5, 0.6) is 0 Å². The van der Waals surface area contributed by atoms with Crippen molar-refractivity contribution in [2.24, 2.45) is 4.99 Å². The molecule has 2 aromatic rings. The number of nitrogens with one attached hydrogen (secondary N) is 3. The van der Waals surface area contributed by atoms with Gasteiger partial charge in [0, 0.05) is 24.2 Å². The number of aliphatic imine (C=N–C) groups is 1. The second-order valence-corrected chi connectivity index (χ2v) is 8.45. The van der Waals surface area contributed by atoms with Crippen LogP contribution in [0.1, 0.15) is 36.8 Å². The summed E-state index contributed by atoms with van der Waals surface area (Å²) < 4.78 is 5.25. The van der Waals surface area contributed by atoms with Crippen molar-refractivity contribution in [3.63, 3.8) is 0 Å². The summed E-state index contributed by atoms with van der Waals surface area (Å²) in [5.41, 5.74) is 2.68. The van der Waals surface area contributed by atoms with Crippen molar-refractivity contribution in [3.8, 4) is 0 Å². The Bertz CT molecular complexity index is 798. The van der Waals surface area contributed by atoms with E-state index in [1.165, 1.54) is 16.0 Å². The fraction of sp³-hybridized carbons (Fsp3) is 0.429. The number of anilines is 1. The maximum atomic E-state index is 11.8. The normalized spacial score (nSPS) is 11.4. The van der Waals surface area contributed by atoms with E-state index in [0.717, 1.165) is 31.2 Å². The molecule has 29 heavy (non-hydrogen) atoms. The summed E-state index contributed by atoms with van der Waals surface area (Å²) in [4.78, 5) is 17.4. The van der Waals surface area contributed by atoms with Crippen LogP contribution in [0.4, 0.5) is 10.5 Å². The summed E-state index contributed by atoms with van der Waals surface area (Å²) in [5, 5.41) is 11.5. The molecule has 0 saturated heterocycles. The van der Waals surface area contributed by atoms with Gasteiger partial charge in [0.25, 0.3) is 0 Å². The molecule has 0 saturated carbocycles. The molecule has 0 bridgehead atoms. The van der Waals surface area contributed by atoms with E-state index in [2.05, 4.69) is 39.3 Å². The van der Waals surface area contributed by atoms with Gasteiger partial charge in [-0.05, 0) is 68.8 Å². The minimum absolute atomic E-state index is 0. The topological polar surface area (TPSA) is 74.8 Å². The van der Waals surface area contributed by atoms with Gasteiger partial charge in [0.05, 0.1) is 6.54 Å². The van der Waals surface area contributed by atoms with Gasteiger partial charge in [-0.1, -0.05) is 12.1 Å². The van der Waals surface area contributed by atoms with Crippen LogP contribution >= 0.6 is 35.3 Å². The van der Waals surface area contributed by atoms with Gasteiger partial charge in [-0.3, -0.25) is 10.3 Å². The highest BCUT2D eigenvalue weighted by Gasteiger charge is 2.16. The molecule has 0 spiro atoms. The van der Waals surface area contributed by atoms with E-state index in [9.17, 15) is 4.79 Å². The number of amides is 1. The highest BCUT2D eigenvalue weighted by molar-refractivity contribution is 14.0. The SMILES string of the molecule is CN=C(NCCc1ccc(NC(=O)OC(C)(C)C)cc1)NCc1sccc1C.I. The van der Waals surface area contributed by atoms with Crippen molar-refractivity contribution in [1.82, 2.24) is 10.6 Å². The Morgan fingerprint density at radius 3 is 2.38 bits per heavy atom. The Morgan fingerprint density at radius 2 is 1.83 bits per heavy atom. The Balaban J connectivity index is 0.00000420. The number of halogens is 1. The fourth-order valence-corrected chi connectivity index (χ4v) is 3.32. The van der Waals surface area contributed by atoms with Crippen LogP contribution in [0.15, 0.2) is 40.7 Å². The monoisotopic (exact) mass is 530 g/mol. The zero-order valence-electron chi connectivity index (χ0n) is 17.7. The molecule has 0 aliphatic rings. The maximum absolute atomic E-state index is 11.8. The van der Waals surface area contributed by atoms with Crippen LogP contribution in [0.25, 0.3) is 0 Å². The van der Waals surface area contributed by atoms with E-state index >= 15 is 0 Å². The summed E-state index contributed by atoms with van der Waals surface area (Å²) >= 11 is 1.75. The third-order valence-corrected chi connectivity index (χ3v) is 4.94. The van der Waals surface area contributed by atoms with Crippen LogP contribution in [-0.4, -0.2) is 31.2 Å². The van der Waals surface area contributed by atoms with Crippen molar-refractivity contribution in [1.29, 1.82) is 0 Å². The second kappa shape index (κ2) is 12.0. The Kier molecular flexibility index (Phi) is 10.5. The second-order valence-electron chi connectivity index (χ2n) is 7.45. The van der Waals surface area contributed by atoms with Crippen LogP contribution in [0.2, 0.25) is 0 Å². The van der Waals surface area contributed by atoms with Crippen LogP contribution in [-0.2, 0) is 17.7 Å². The molecule has 160 valence electrons. The third-order valence-electron chi connectivity index (χ3n) is 3.91. The molecule has 0 radical (unpaired) electrons. The van der Waals surface area contributed by atoms with Gasteiger partial charge in [-0.2, -0.15) is 0 Å². The third kappa shape index (κ3) is 9.49. The van der Waals surface area contributed by atoms with Gasteiger partial charge < -0.3 is 15.4 Å². The number of hydrogen-bond acceptors (Lipinski definition) is 4. The van der Waals surface area contributed by atoms with E-state index in [0.29, 0.717) is 0 Å². The Hall–Kier alpha value is -1.81. The van der Waals surface area contributed by atoms with Crippen LogP contribution in [0, 0.1) is 6.92 Å². The van der Waals surface area contributed by atoms with Crippen LogP contribution in [0.3, 0.4) is 0 Å². The zero-order valence-corrected chi connectivity index (χ0v) is 20.8. The number of aryl methyl sites for hydroxylation is 1. The largest absolute Gasteiger partial charge is 0.444 e. The fourth-order valence-electron chi connectivity index (χ4n) is 2.47. The predicted molar refractivity (Wildman–Crippen MR) is 133 cm³/mol. The van der Waals surface area contributed by atoms with Crippen molar-refractivity contribution >= 4 is 53.1 Å². The van der Waals surface area contributed by atoms with Crippen molar-refractivity contribution in [2.75, 3.05) is 18.9 Å². The molecule has 0 atom stereocenters. The average Bonchev–Trinajstić information content (AvgIpc) is 3.02. The lowest BCUT2D eigenvalue weighted by atomic mass is 10.1. The molecule has 0 unspecified atom stereocenters. The number of thiophene rings is 1. The molecule has 1 amide bonds. The van der Waals surface area contributed by atoms with Crippen LogP contribution < -0.4 is 16.0 Å². The average molecular weight is 530 g/mol. The first-order valence-electron chi connectivity index (χ1n) is 9.33. The van der Waals surface area contributed by atoms with Gasteiger partial charge in [0.2, 0.25) is 0 Å². The summed E-state index contributed by atoms with van der Waals surface area (Å²) in [7, 11) is 1.77. The standard InChI is InChI=1S/C21H30N4O2S.HI/c1-15-11-13-28-18(15)14-24-19(22-5)23-12-10-16-6-8-17(9-7-16)25-20(26)27-21(2,3)4;/h6-9,11,13H,10,12,14H2,1-5H3,(H,25,26)(H2,22,23,24);1H. The van der Waals surface area contributed by atoms with Crippen molar-refractivity contribution < 1.29 is 9.53 Å². The zero-order chi connectivity index (χ0) is 20.6. The van der Waals surface area contributed by atoms with Crippen molar-refractivity contribution in [2.45, 2.75) is 46.3 Å². The molecule has 1 aromatic heterocycles. The van der Waals surface area contributed by atoms with Gasteiger partial charge in [-0.15, -0.1) is 35.3 Å². The van der Waals surface area contributed by atoms with E-state index < -0.39 is 11.7 Å². The first-order valence-corrected chi connectivity index (χ1v) is 10.2. The van der Waals surface area contributed by atoms with Crippen molar-refractivity contribution in [3.05, 3.63) is 51.7 Å². The smallest absolute Gasteiger partial charge is 0.412 e. The molecule has 3 N–H and O–H groups in total. The van der Waals surface area contributed by atoms with Gasteiger partial charge >= 0.3 is 6.09 Å². The minimum Gasteiger partial charge on any atom is -0.444 e. The van der Waals surface area contributed by atoms with Gasteiger partial charge in [0.1, 0.15) is 5.60 Å². The molecular weight excluding hydrogens is 499 g/mol. The lowest BCUT2D eigenvalue weighted by Gasteiger charge is -2.19. The van der Waals surface area contributed by atoms with E-state index in [-0.39, 0.29) is 24.0 Å². The highest BCUT2D eigenvalue weighted by Crippen LogP contribution is 2.15. The molecule has 1 heterocycles. The summed E-state index contributed by atoms with van der Waals surface area (Å²) in [6.45, 7) is 9.17. The molecule has 1 aromatic carbocycles. The number of guanidine groups is 1. The summed E-state index contributed by atoms with van der Waals surface area (Å²) in [5.74, 6) is 0.788. The molecule has 6 nitrogen and oxygen atoms in total. The number of carbonyl (C=O) groups excluding carboxylic acids is 1. The van der Waals surface area contributed by atoms with E-state index in [1.54, 1.807) is 18.4 Å². The number of rotatable bonds is 6. The minimum atomic E-state index is -0.509. The number of benzene rings is 1. The lowest BCUT2D eigenvalue weighted by molar-refractivity contribution is 0.0636. The summed E-state index contributed by atoms with van der Waals surface area (Å²) in [6.07, 6.45) is 0.406. The van der Waals surface area contributed by atoms with Gasteiger partial charge in [0.15, 0.2) is 5.96 Å². The molecule has 0 aliphatic heterocycles. The van der Waals surface area contributed by atoms with E-state index in [1.807, 2.05) is 45.0 Å². The summed E-state index contributed by atoms with van der Waals surface area (Å²) in [6, 6.07) is 9.89. The molecule has 0 aliphatic carbocycles. The first-order chi connectivity index (χ1) is 13.3. The quantitative estimate of drug-likeness (QED) is 0.281. The molecule has 0 fully saturated rings. The van der Waals surface area contributed by atoms with Gasteiger partial charge in [-0.25, -0.2) is 4.79 Å². The lowest BCUT2D eigenvalue weighted by Crippen LogP contribution is -2.37. The highest BCUT2D eigenvalue weighted by atomic mass is 127. The number of hydrogen-bond donors (Lipinski definition) is 3. The number of nitrogens with zero attached hydrogens (tertiary/aromatic N) is 1. The molecular formula is C21H31IN4O2S. The Labute approximate surface area is 194 Å². The maximum Gasteiger partial charge on any atom is 0.412 e. The Morgan fingerprint density at radius 1 is 1.14 bits per heavy atom. The first kappa shape index (κ1) is 25.2. The van der Waals surface area contributed by atoms with E-state index in [4.69, 9.17) is 4.74 Å². The number of carbonyl (C=O) groups is 1. The molecule has 2 rings (SSSR count).